The maximum Gasteiger partial charge on any atom is 0.253 e. The number of carbonyl (C=O) groups is 1. The Kier molecular flexibility index (Phi) is 4.79. The molecule has 16 heavy (non-hydrogen) atoms. The first kappa shape index (κ1) is 12.5. The second-order valence-electron chi connectivity index (χ2n) is 3.44. The molecule has 0 spiro atoms. The molecule has 0 aromatic heterocycles. The summed E-state index contributed by atoms with van der Waals surface area (Å²) in [5.41, 5.74) is 1.62. The number of rotatable bonds is 5. The van der Waals surface area contributed by atoms with Crippen molar-refractivity contribution in [2.24, 2.45) is 0 Å². The maximum absolute atomic E-state index is 12.0. The maximum atomic E-state index is 12.0. The lowest BCUT2D eigenvalue weighted by atomic mass is 10.2. The predicted octanol–water partition coefficient (Wildman–Crippen LogP) is 1.18. The van der Waals surface area contributed by atoms with Crippen LogP contribution in [0, 0.1) is 0 Å². The first-order chi connectivity index (χ1) is 7.72. The Morgan fingerprint density at radius 3 is 2.44 bits per heavy atom. The van der Waals surface area contributed by atoms with Gasteiger partial charge in [0.2, 0.25) is 0 Å². The number of nitrogens with zero attached hydrogens (tertiary/aromatic N) is 1. The minimum absolute atomic E-state index is 0.00577. The number of likely N-dealkylation sites (N-methyl/N-ethyl adjacent to an activating group) is 1. The Bertz CT molecular complexity index is 335. The average molecular weight is 222 g/mol. The fraction of sp³-hybridized carbons (Fsp3) is 0.417. The van der Waals surface area contributed by atoms with E-state index < -0.39 is 0 Å². The number of aliphatic hydroxyl groups excluding tert-OH is 1. The third kappa shape index (κ3) is 2.97. The topological polar surface area (TPSA) is 52.6 Å². The molecule has 0 saturated heterocycles. The lowest BCUT2D eigenvalue weighted by Crippen LogP contribution is -2.33. The molecular formula is C12H18N2O2. The van der Waals surface area contributed by atoms with Gasteiger partial charge in [0.1, 0.15) is 0 Å². The van der Waals surface area contributed by atoms with Crippen LogP contribution in [-0.2, 0) is 0 Å². The highest BCUT2D eigenvalue weighted by Gasteiger charge is 2.12. The van der Waals surface area contributed by atoms with Crippen molar-refractivity contribution >= 4 is 11.6 Å². The fourth-order valence-electron chi connectivity index (χ4n) is 1.49. The first-order valence-corrected chi connectivity index (χ1v) is 5.40. The van der Waals surface area contributed by atoms with Crippen LogP contribution in [-0.4, -0.2) is 42.7 Å². The molecule has 0 fully saturated rings. The van der Waals surface area contributed by atoms with Gasteiger partial charge in [-0.25, -0.2) is 0 Å². The minimum atomic E-state index is -0.0424. The van der Waals surface area contributed by atoms with Crippen LogP contribution in [0.4, 0.5) is 5.69 Å². The molecule has 88 valence electrons. The van der Waals surface area contributed by atoms with Gasteiger partial charge in [-0.15, -0.1) is 0 Å². The third-order valence-corrected chi connectivity index (χ3v) is 2.46. The van der Waals surface area contributed by atoms with Gasteiger partial charge in [-0.1, -0.05) is 0 Å². The van der Waals surface area contributed by atoms with E-state index in [9.17, 15) is 4.79 Å². The summed E-state index contributed by atoms with van der Waals surface area (Å²) in [5, 5.41) is 11.8. The normalized spacial score (nSPS) is 9.94. The average Bonchev–Trinajstić information content (AvgIpc) is 2.35. The summed E-state index contributed by atoms with van der Waals surface area (Å²) >= 11 is 0. The molecule has 2 N–H and O–H groups in total. The summed E-state index contributed by atoms with van der Waals surface area (Å²) in [5.74, 6) is -0.0424. The molecule has 0 atom stereocenters. The number of hydrogen-bond donors (Lipinski definition) is 2. The van der Waals surface area contributed by atoms with Crippen LogP contribution in [0.5, 0.6) is 0 Å². The molecule has 0 heterocycles. The molecule has 0 aliphatic rings. The Morgan fingerprint density at radius 2 is 2.00 bits per heavy atom. The molecule has 0 bridgehead atoms. The van der Waals surface area contributed by atoms with Crippen LogP contribution in [0.3, 0.4) is 0 Å². The molecule has 0 aliphatic heterocycles. The number of amides is 1. The minimum Gasteiger partial charge on any atom is -0.395 e. The molecule has 0 saturated carbocycles. The van der Waals surface area contributed by atoms with E-state index in [1.165, 1.54) is 0 Å². The molecule has 4 heteroatoms. The number of nitrogens with one attached hydrogen (secondary N) is 1. The van der Waals surface area contributed by atoms with E-state index in [0.717, 1.165) is 5.69 Å². The summed E-state index contributed by atoms with van der Waals surface area (Å²) in [6, 6.07) is 7.29. The standard InChI is InChI=1S/C12H18N2O2/c1-3-14(8-9-15)12(16)10-4-6-11(13-2)7-5-10/h4-7,13,15H,3,8-9H2,1-2H3. The van der Waals surface area contributed by atoms with Crippen LogP contribution >= 0.6 is 0 Å². The number of hydrogen-bond acceptors (Lipinski definition) is 3. The van der Waals surface area contributed by atoms with Gasteiger partial charge >= 0.3 is 0 Å². The summed E-state index contributed by atoms with van der Waals surface area (Å²) in [7, 11) is 1.83. The van der Waals surface area contributed by atoms with E-state index in [4.69, 9.17) is 5.11 Å². The van der Waals surface area contributed by atoms with Gasteiger partial charge in [0.25, 0.3) is 5.91 Å². The second-order valence-corrected chi connectivity index (χ2v) is 3.44. The van der Waals surface area contributed by atoms with Gasteiger partial charge in [0.05, 0.1) is 6.61 Å². The van der Waals surface area contributed by atoms with Crippen molar-refractivity contribution in [2.75, 3.05) is 32.1 Å². The molecule has 4 nitrogen and oxygen atoms in total. The molecule has 1 rings (SSSR count). The lowest BCUT2D eigenvalue weighted by Gasteiger charge is -2.19. The van der Waals surface area contributed by atoms with E-state index in [1.807, 2.05) is 26.1 Å². The van der Waals surface area contributed by atoms with E-state index in [-0.39, 0.29) is 12.5 Å². The molecule has 0 aliphatic carbocycles. The first-order valence-electron chi connectivity index (χ1n) is 5.40. The van der Waals surface area contributed by atoms with Crippen LogP contribution in [0.1, 0.15) is 17.3 Å². The van der Waals surface area contributed by atoms with Crippen molar-refractivity contribution < 1.29 is 9.90 Å². The van der Waals surface area contributed by atoms with Crippen molar-refractivity contribution in [3.8, 4) is 0 Å². The highest BCUT2D eigenvalue weighted by atomic mass is 16.3. The van der Waals surface area contributed by atoms with Crippen LogP contribution in [0.25, 0.3) is 0 Å². The van der Waals surface area contributed by atoms with E-state index in [2.05, 4.69) is 5.32 Å². The van der Waals surface area contributed by atoms with Crippen molar-refractivity contribution in [3.63, 3.8) is 0 Å². The van der Waals surface area contributed by atoms with Crippen LogP contribution in [0.2, 0.25) is 0 Å². The quantitative estimate of drug-likeness (QED) is 0.786. The zero-order valence-corrected chi connectivity index (χ0v) is 9.73. The third-order valence-electron chi connectivity index (χ3n) is 2.46. The highest BCUT2D eigenvalue weighted by molar-refractivity contribution is 5.94. The van der Waals surface area contributed by atoms with Gasteiger partial charge in [0.15, 0.2) is 0 Å². The summed E-state index contributed by atoms with van der Waals surface area (Å²) in [6.07, 6.45) is 0. The Hall–Kier alpha value is -1.55. The van der Waals surface area contributed by atoms with Crippen molar-refractivity contribution in [2.45, 2.75) is 6.92 Å². The van der Waals surface area contributed by atoms with Gasteiger partial charge in [-0.05, 0) is 31.2 Å². The van der Waals surface area contributed by atoms with Gasteiger partial charge in [0, 0.05) is 31.4 Å². The monoisotopic (exact) mass is 222 g/mol. The molecule has 1 aromatic carbocycles. The van der Waals surface area contributed by atoms with Crippen LogP contribution < -0.4 is 5.32 Å². The summed E-state index contributed by atoms with van der Waals surface area (Å²) < 4.78 is 0. The Morgan fingerprint density at radius 1 is 1.38 bits per heavy atom. The largest absolute Gasteiger partial charge is 0.395 e. The molecule has 0 radical (unpaired) electrons. The smallest absolute Gasteiger partial charge is 0.253 e. The fourth-order valence-corrected chi connectivity index (χ4v) is 1.49. The molecular weight excluding hydrogens is 204 g/mol. The van der Waals surface area contributed by atoms with E-state index in [1.54, 1.807) is 17.0 Å². The van der Waals surface area contributed by atoms with E-state index >= 15 is 0 Å². The Labute approximate surface area is 95.9 Å². The highest BCUT2D eigenvalue weighted by Crippen LogP contribution is 2.10. The van der Waals surface area contributed by atoms with Crippen molar-refractivity contribution in [1.29, 1.82) is 0 Å². The summed E-state index contributed by atoms with van der Waals surface area (Å²) in [4.78, 5) is 13.6. The number of aliphatic hydroxyl groups is 1. The number of anilines is 1. The SMILES string of the molecule is CCN(CCO)C(=O)c1ccc(NC)cc1. The van der Waals surface area contributed by atoms with Crippen molar-refractivity contribution in [1.82, 2.24) is 4.90 Å². The number of carbonyl (C=O) groups excluding carboxylic acids is 1. The molecule has 0 unspecified atom stereocenters. The van der Waals surface area contributed by atoms with Gasteiger partial charge in [-0.2, -0.15) is 0 Å². The molecule has 1 amide bonds. The van der Waals surface area contributed by atoms with Gasteiger partial charge < -0.3 is 15.3 Å². The Balaban J connectivity index is 2.78. The van der Waals surface area contributed by atoms with Crippen LogP contribution in [0.15, 0.2) is 24.3 Å². The lowest BCUT2D eigenvalue weighted by molar-refractivity contribution is 0.0732. The van der Waals surface area contributed by atoms with Gasteiger partial charge in [-0.3, -0.25) is 4.79 Å². The van der Waals surface area contributed by atoms with E-state index in [0.29, 0.717) is 18.7 Å². The predicted molar refractivity (Wildman–Crippen MR) is 64.7 cm³/mol. The molecule has 1 aromatic rings. The zero-order valence-electron chi connectivity index (χ0n) is 9.73. The summed E-state index contributed by atoms with van der Waals surface area (Å²) in [6.45, 7) is 2.87. The van der Waals surface area contributed by atoms with Crippen molar-refractivity contribution in [3.05, 3.63) is 29.8 Å². The second kappa shape index (κ2) is 6.12. The zero-order chi connectivity index (χ0) is 12.0. The number of benzene rings is 1.